The molecule has 6 aliphatic rings. The van der Waals surface area contributed by atoms with E-state index in [0.29, 0.717) is 105 Å². The summed E-state index contributed by atoms with van der Waals surface area (Å²) in [7, 11) is 7.76. The molecule has 6 atom stereocenters. The maximum Gasteiger partial charge on any atom is 0.410 e. The minimum absolute atomic E-state index is 0.107. The van der Waals surface area contributed by atoms with Crippen LogP contribution in [-0.2, 0) is 50.1 Å². The molecular weight excluding hydrogens is 1530 g/mol. The van der Waals surface area contributed by atoms with Crippen LogP contribution in [0.5, 0.6) is 0 Å². The van der Waals surface area contributed by atoms with E-state index in [1.54, 1.807) is 69.5 Å². The van der Waals surface area contributed by atoms with Crippen molar-refractivity contribution in [3.63, 3.8) is 0 Å². The number of amides is 3. The molecule has 16 rings (SSSR count). The normalized spacial score (nSPS) is 18.6. The van der Waals surface area contributed by atoms with Crippen LogP contribution in [0.4, 0.5) is 21.0 Å². The molecule has 114 heavy (non-hydrogen) atoms. The average Bonchev–Trinajstić information content (AvgIpc) is 1.60. The summed E-state index contributed by atoms with van der Waals surface area (Å²) in [6.45, 7) is 17.9. The Morgan fingerprint density at radius 2 is 0.851 bits per heavy atom. The molecule has 6 aromatic heterocycles. The number of benzene rings is 4. The second kappa shape index (κ2) is 35.2. The summed E-state index contributed by atoms with van der Waals surface area (Å²) in [6.07, 6.45) is 22.5. The van der Waals surface area contributed by atoms with Crippen LogP contribution in [0.3, 0.4) is 0 Å². The molecule has 3 amide bonds. The number of carbonyl (C=O) groups is 2. The first-order valence-corrected chi connectivity index (χ1v) is 40.6. The molecule has 4 aromatic carbocycles. The lowest BCUT2D eigenvalue weighted by Gasteiger charge is -2.39. The van der Waals surface area contributed by atoms with E-state index >= 15 is 0 Å². The Balaban J connectivity index is 0.000000142. The van der Waals surface area contributed by atoms with Gasteiger partial charge in [0.2, 0.25) is 10.0 Å². The third kappa shape index (κ3) is 17.1. The quantitative estimate of drug-likeness (QED) is 0.0940. The monoisotopic (exact) mass is 1610 g/mol. The van der Waals surface area contributed by atoms with Crippen LogP contribution in [0, 0.1) is 6.57 Å². The van der Waals surface area contributed by atoms with Gasteiger partial charge in [-0.2, -0.15) is 4.31 Å². The van der Waals surface area contributed by atoms with Gasteiger partial charge in [0.25, 0.3) is 0 Å². The highest BCUT2D eigenvalue weighted by molar-refractivity contribution is 7.88. The fourth-order valence-electron chi connectivity index (χ4n) is 16.1. The molecule has 3 unspecified atom stereocenters. The van der Waals surface area contributed by atoms with Crippen molar-refractivity contribution in [3.05, 3.63) is 282 Å². The van der Waals surface area contributed by atoms with E-state index in [0.717, 1.165) is 101 Å². The van der Waals surface area contributed by atoms with E-state index in [2.05, 4.69) is 94.4 Å². The second-order valence-electron chi connectivity index (χ2n) is 29.0. The van der Waals surface area contributed by atoms with E-state index in [4.69, 9.17) is 75.3 Å². The molecule has 0 saturated carbocycles. The second-order valence-corrected chi connectivity index (χ2v) is 32.3. The number of halogens is 3. The standard InChI is InChI=1S/C32H30ClN7O2.C28H32ClN5O3.C25H28ClN5O3S/c1-34-23-7-9-24(10-8-23)37-32(41)40-15-13-39(14-16-40)30-25-11-6-22(33)18-26(25)27(17-21-5-4-12-36-29(21)30)31(42-3)28-19-35-20-38(28)2;1-18(2)37-28(35)34-12-10-33(11-13-34)26-21-8-7-20(29)15-22(21)23(14-19-6-5-9-31-25(19)26)27(36-4)24-16-30-17-32(24)3;1-29-16-27-15-22(29)25(34-2)21-13-17-5-4-8-28-23(17)24(19-7-6-18(26)14-20(19)21)30-9-11-31(12-10-30)35(3,32)33/h4-12,17-20,30-31H,13-16H2,2-3H3,(H,37,41);5-9,14-18,26-27H,10-13H2,1-4H3;4-8,13-16,24-25H,9-12H2,1-3H3/t30-,31?;26-,27?;24-,25?/m000/s1. The van der Waals surface area contributed by atoms with E-state index in [-0.39, 0.29) is 54.7 Å². The van der Waals surface area contributed by atoms with Crippen molar-refractivity contribution in [3.8, 4) is 0 Å². The van der Waals surface area contributed by atoms with Crippen molar-refractivity contribution in [1.82, 2.24) is 72.4 Å². The van der Waals surface area contributed by atoms with Crippen molar-refractivity contribution in [2.45, 2.75) is 56.4 Å². The maximum atomic E-state index is 13.1. The van der Waals surface area contributed by atoms with Gasteiger partial charge in [-0.05, 0) is 166 Å². The zero-order chi connectivity index (χ0) is 80.1. The number of carbonyl (C=O) groups excluding carboxylic acids is 2. The van der Waals surface area contributed by atoms with Crippen LogP contribution in [-0.4, -0.2) is 205 Å². The molecule has 0 bridgehead atoms. The van der Waals surface area contributed by atoms with Crippen LogP contribution >= 0.6 is 34.8 Å². The van der Waals surface area contributed by atoms with Gasteiger partial charge in [0, 0.05) is 160 Å². The molecule has 1 N–H and O–H groups in total. The number of piperazine rings is 3. The van der Waals surface area contributed by atoms with E-state index < -0.39 is 10.0 Å². The number of ether oxygens (including phenoxy) is 4. The number of aryl methyl sites for hydroxylation is 3. The topological polar surface area (TPSA) is 233 Å². The minimum Gasteiger partial charge on any atom is -0.447 e. The maximum absolute atomic E-state index is 13.1. The molecule has 25 nitrogen and oxygen atoms in total. The molecule has 29 heteroatoms. The summed E-state index contributed by atoms with van der Waals surface area (Å²) in [5.41, 5.74) is 19.1. The predicted molar refractivity (Wildman–Crippen MR) is 443 cm³/mol. The highest BCUT2D eigenvalue weighted by Crippen LogP contribution is 2.49. The fourth-order valence-corrected chi connectivity index (χ4v) is 17.5. The molecule has 3 saturated heterocycles. The van der Waals surface area contributed by atoms with Crippen LogP contribution in [0.2, 0.25) is 15.1 Å². The highest BCUT2D eigenvalue weighted by Gasteiger charge is 2.41. The number of hydrogen-bond acceptors (Lipinski definition) is 17. The first kappa shape index (κ1) is 80.4. The van der Waals surface area contributed by atoms with Gasteiger partial charge >= 0.3 is 12.1 Å². The largest absolute Gasteiger partial charge is 0.447 e. The number of nitrogens with zero attached hydrogens (tertiary/aromatic N) is 16. The Bertz CT molecular complexity index is 5420. The van der Waals surface area contributed by atoms with Gasteiger partial charge in [0.1, 0.15) is 18.3 Å². The Morgan fingerprint density at radius 1 is 0.500 bits per heavy atom. The lowest BCUT2D eigenvalue weighted by Crippen LogP contribution is -2.51. The molecule has 3 fully saturated rings. The Kier molecular flexibility index (Phi) is 24.8. The lowest BCUT2D eigenvalue weighted by atomic mass is 9.91. The number of pyridine rings is 3. The zero-order valence-electron chi connectivity index (χ0n) is 64.9. The van der Waals surface area contributed by atoms with E-state index in [1.165, 1.54) is 10.6 Å². The summed E-state index contributed by atoms with van der Waals surface area (Å²) < 4.78 is 55.3. The molecule has 3 aliphatic heterocycles. The number of nitrogens with one attached hydrogen (secondary N) is 1. The number of urea groups is 1. The number of fused-ring (bicyclic) bond motifs is 6. The van der Waals surface area contributed by atoms with Crippen molar-refractivity contribution in [2.75, 3.05) is 111 Å². The third-order valence-corrected chi connectivity index (χ3v) is 23.7. The third-order valence-electron chi connectivity index (χ3n) is 21.7. The van der Waals surface area contributed by atoms with Crippen molar-refractivity contribution >= 4 is 103 Å². The molecule has 0 spiro atoms. The zero-order valence-corrected chi connectivity index (χ0v) is 68.0. The predicted octanol–water partition coefficient (Wildman–Crippen LogP) is 14.5. The first-order valence-electron chi connectivity index (χ1n) is 37.6. The molecule has 3 aliphatic carbocycles. The SMILES string of the molecule is COC(C1=Cc2cccnc2[C@@H](N2CCN(C(=O)OC(C)C)CC2)c2ccc(Cl)cc21)c1cncn1C.COC(C1=Cc2cccnc2[C@@H](N2CCN(S(C)(=O)=O)CC2)c2ccc(Cl)cc21)c1cncn1C.[C-]#[N+]c1ccc(NC(=O)N2CCN([C@H]3c4ccc(Cl)cc4C(C(OC)c4cncn4C)=Cc4cccnc43)CC2)cc1. The van der Waals surface area contributed by atoms with Gasteiger partial charge in [-0.3, -0.25) is 29.7 Å². The van der Waals surface area contributed by atoms with Crippen LogP contribution in [0.25, 0.3) is 39.8 Å². The van der Waals surface area contributed by atoms with Gasteiger partial charge < -0.3 is 47.8 Å². The number of sulfonamides is 1. The number of rotatable bonds is 15. The van der Waals surface area contributed by atoms with Gasteiger partial charge in [0.05, 0.1) is 109 Å². The van der Waals surface area contributed by atoms with Gasteiger partial charge in [0.15, 0.2) is 5.69 Å². The molecular formula is C85H90Cl3N17O8S. The summed E-state index contributed by atoms with van der Waals surface area (Å²) >= 11 is 19.7. The molecule has 10 aromatic rings. The summed E-state index contributed by atoms with van der Waals surface area (Å²) in [5, 5.41) is 4.89. The van der Waals surface area contributed by atoms with Gasteiger partial charge in [-0.15, -0.1) is 0 Å². The van der Waals surface area contributed by atoms with Crippen molar-refractivity contribution in [2.24, 2.45) is 21.1 Å². The Hall–Kier alpha value is -10.3. The lowest BCUT2D eigenvalue weighted by molar-refractivity contribution is 0.0512. The van der Waals surface area contributed by atoms with Crippen molar-refractivity contribution < 1.29 is 37.0 Å². The number of aromatic nitrogens is 9. The highest BCUT2D eigenvalue weighted by atomic mass is 35.5. The van der Waals surface area contributed by atoms with E-state index in [9.17, 15) is 18.0 Å². The van der Waals surface area contributed by atoms with E-state index in [1.807, 2.05) is 145 Å². The van der Waals surface area contributed by atoms with Crippen LogP contribution < -0.4 is 5.32 Å². The van der Waals surface area contributed by atoms with Crippen molar-refractivity contribution in [1.29, 1.82) is 0 Å². The minimum atomic E-state index is -3.23. The first-order chi connectivity index (χ1) is 55.1. The smallest absolute Gasteiger partial charge is 0.410 e. The number of methoxy groups -OCH3 is 3. The molecule has 590 valence electrons. The molecule has 9 heterocycles. The molecule has 0 radical (unpaired) electrons. The Morgan fingerprint density at radius 3 is 1.17 bits per heavy atom. The summed E-state index contributed by atoms with van der Waals surface area (Å²) in [6, 6.07) is 36.4. The summed E-state index contributed by atoms with van der Waals surface area (Å²) in [5.74, 6) is 0. The summed E-state index contributed by atoms with van der Waals surface area (Å²) in [4.78, 5) is 67.2. The Labute approximate surface area is 679 Å². The van der Waals surface area contributed by atoms with Gasteiger partial charge in [-0.1, -0.05) is 83.3 Å². The fraction of sp³-hybridized carbons (Fsp3) is 0.329. The van der Waals surface area contributed by atoms with Gasteiger partial charge in [-0.25, -0.2) is 37.8 Å². The number of anilines is 1. The van der Waals surface area contributed by atoms with Crippen LogP contribution in [0.1, 0.15) is 135 Å². The number of hydrogen-bond donors (Lipinski definition) is 1. The number of imidazole rings is 3. The van der Waals surface area contributed by atoms with Crippen LogP contribution in [0.15, 0.2) is 171 Å². The average molecular weight is 1620 g/mol.